The Labute approximate surface area is 233 Å². The van der Waals surface area contributed by atoms with E-state index < -0.39 is 35.6 Å². The van der Waals surface area contributed by atoms with Crippen LogP contribution in [0.25, 0.3) is 0 Å². The average Bonchev–Trinajstić information content (AvgIpc) is 3.67. The van der Waals surface area contributed by atoms with Gasteiger partial charge in [0.1, 0.15) is 12.2 Å². The van der Waals surface area contributed by atoms with E-state index in [-0.39, 0.29) is 59.5 Å². The van der Waals surface area contributed by atoms with Crippen LogP contribution in [0.5, 0.6) is 0 Å². The molecule has 0 aromatic carbocycles. The smallest absolute Gasteiger partial charge is 0.375 e. The topological polar surface area (TPSA) is 214 Å². The number of carboxylic acid groups (broad SMARTS) is 2. The fraction of sp³-hybridized carbons (Fsp3) is 0.667. The summed E-state index contributed by atoms with van der Waals surface area (Å²) in [7, 11) is 0. The van der Waals surface area contributed by atoms with Crippen LogP contribution in [-0.4, -0.2) is 113 Å². The highest BCUT2D eigenvalue weighted by molar-refractivity contribution is 8.03. The molecule has 0 saturated carbocycles. The third-order valence-corrected chi connectivity index (χ3v) is 9.73. The first-order chi connectivity index (χ1) is 19.0. The molecule has 5 heterocycles. The Kier molecular flexibility index (Phi) is 7.67. The quantitative estimate of drug-likeness (QED) is 0.240. The molecule has 0 radical (unpaired) electrons. The van der Waals surface area contributed by atoms with Crippen molar-refractivity contribution in [3.63, 3.8) is 0 Å². The molecule has 0 unspecified atom stereocenters. The molecule has 0 aliphatic carbocycles. The van der Waals surface area contributed by atoms with E-state index in [1.807, 2.05) is 6.92 Å². The fourth-order valence-electron chi connectivity index (χ4n) is 6.32. The standard InChI is InChI=1S/C24H32N8O7S/c1-10(5-13(33)9-31-20(24(38)39)27-28-29-31)16-17-11(2)19(18(23(36)37)32(17)22(16)35)40-14-6-15(26-7-14)21(34)30-4-3-12(25)8-30/h10-12,14-17,26H,3-9,25H2,1-2H3,(H,36,37)(H,38,39)/t10-,11+,12+,14-,15-,16+,17+/m0/s1. The summed E-state index contributed by atoms with van der Waals surface area (Å²) in [5.41, 5.74) is 5.92. The van der Waals surface area contributed by atoms with Crippen molar-refractivity contribution in [2.75, 3.05) is 19.6 Å². The highest BCUT2D eigenvalue weighted by Crippen LogP contribution is 2.53. The number of fused-ring (bicyclic) bond motifs is 1. The van der Waals surface area contributed by atoms with Gasteiger partial charge in [-0.1, -0.05) is 13.8 Å². The lowest BCUT2D eigenvalue weighted by Crippen LogP contribution is -2.62. The van der Waals surface area contributed by atoms with Gasteiger partial charge in [0.25, 0.3) is 5.82 Å². The van der Waals surface area contributed by atoms with Gasteiger partial charge in [-0.15, -0.1) is 16.9 Å². The molecular formula is C24H32N8O7S. The number of hydrogen-bond acceptors (Lipinski definition) is 11. The SMILES string of the molecule is C[C@@H](CC(=O)Cn1nnnc1C(=O)O)[C@H]1C(=O)N2C(C(=O)O)=C(S[C@@H]3CN[C@H](C(=O)N4CC[C@@H](N)C4)C3)[C@H](C)[C@H]12. The summed E-state index contributed by atoms with van der Waals surface area (Å²) in [4.78, 5) is 66.0. The predicted molar refractivity (Wildman–Crippen MR) is 138 cm³/mol. The molecule has 2 amide bonds. The molecule has 0 bridgehead atoms. The molecule has 0 spiro atoms. The van der Waals surface area contributed by atoms with Crippen LogP contribution in [0.2, 0.25) is 0 Å². The van der Waals surface area contributed by atoms with Gasteiger partial charge in [-0.3, -0.25) is 14.4 Å². The number of β-lactam (4-membered cyclic amide) rings is 1. The van der Waals surface area contributed by atoms with Gasteiger partial charge in [-0.25, -0.2) is 14.3 Å². The van der Waals surface area contributed by atoms with Crippen LogP contribution >= 0.6 is 11.8 Å². The van der Waals surface area contributed by atoms with Crippen LogP contribution in [0.1, 0.15) is 43.7 Å². The molecule has 7 atom stereocenters. The zero-order chi connectivity index (χ0) is 28.9. The molecule has 5 N–H and O–H groups in total. The van der Waals surface area contributed by atoms with Crippen LogP contribution in [0, 0.1) is 17.8 Å². The number of hydrogen-bond donors (Lipinski definition) is 4. The van der Waals surface area contributed by atoms with Gasteiger partial charge in [0.15, 0.2) is 5.78 Å². The number of thioether (sulfide) groups is 1. The van der Waals surface area contributed by atoms with Crippen LogP contribution in [0.4, 0.5) is 0 Å². The minimum absolute atomic E-state index is 0.00683. The second kappa shape index (κ2) is 10.9. The Morgan fingerprint density at radius 3 is 2.62 bits per heavy atom. The number of rotatable bonds is 10. The third-order valence-electron chi connectivity index (χ3n) is 8.22. The number of nitrogens with two attached hydrogens (primary N) is 1. The molecule has 5 rings (SSSR count). The third kappa shape index (κ3) is 4.99. The van der Waals surface area contributed by atoms with E-state index in [4.69, 9.17) is 10.8 Å². The molecule has 40 heavy (non-hydrogen) atoms. The summed E-state index contributed by atoms with van der Waals surface area (Å²) in [6, 6.07) is -0.760. The van der Waals surface area contributed by atoms with Gasteiger partial charge in [-0.2, -0.15) is 0 Å². The number of nitrogens with zero attached hydrogens (tertiary/aromatic N) is 6. The highest BCUT2D eigenvalue weighted by atomic mass is 32.2. The van der Waals surface area contributed by atoms with Crippen molar-refractivity contribution >= 4 is 41.3 Å². The summed E-state index contributed by atoms with van der Waals surface area (Å²) in [6.45, 7) is 5.01. The lowest BCUT2D eigenvalue weighted by atomic mass is 9.73. The fourth-order valence-corrected chi connectivity index (χ4v) is 7.80. The molecule has 4 aliphatic rings. The van der Waals surface area contributed by atoms with Crippen LogP contribution in [-0.2, 0) is 25.7 Å². The maximum absolute atomic E-state index is 13.2. The van der Waals surface area contributed by atoms with E-state index >= 15 is 0 Å². The molecule has 4 aliphatic heterocycles. The number of likely N-dealkylation sites (tertiary alicyclic amines) is 1. The summed E-state index contributed by atoms with van der Waals surface area (Å²) in [5.74, 6) is -4.91. The van der Waals surface area contributed by atoms with Crippen molar-refractivity contribution in [3.8, 4) is 0 Å². The van der Waals surface area contributed by atoms with Gasteiger partial charge in [0.2, 0.25) is 11.8 Å². The number of ketones is 1. The second-order valence-electron chi connectivity index (χ2n) is 11.0. The zero-order valence-corrected chi connectivity index (χ0v) is 22.9. The molecule has 216 valence electrons. The number of aromatic carboxylic acids is 1. The predicted octanol–water partition coefficient (Wildman–Crippen LogP) is -1.24. The largest absolute Gasteiger partial charge is 0.477 e. The minimum Gasteiger partial charge on any atom is -0.477 e. The molecule has 1 aromatic rings. The monoisotopic (exact) mass is 576 g/mol. The second-order valence-corrected chi connectivity index (χ2v) is 12.3. The number of carboxylic acids is 2. The van der Waals surface area contributed by atoms with Crippen molar-refractivity contribution in [2.45, 2.75) is 63.0 Å². The Bertz CT molecular complexity index is 1280. The van der Waals surface area contributed by atoms with E-state index in [0.29, 0.717) is 31.0 Å². The molecule has 16 heteroatoms. The molecular weight excluding hydrogens is 544 g/mol. The number of tetrazole rings is 1. The minimum atomic E-state index is -1.36. The van der Waals surface area contributed by atoms with Crippen molar-refractivity contribution < 1.29 is 34.2 Å². The van der Waals surface area contributed by atoms with Crippen LogP contribution in [0.15, 0.2) is 10.6 Å². The van der Waals surface area contributed by atoms with Gasteiger partial charge in [0, 0.05) is 48.2 Å². The maximum atomic E-state index is 13.2. The van der Waals surface area contributed by atoms with E-state index in [2.05, 4.69) is 20.8 Å². The number of nitrogens with one attached hydrogen (secondary N) is 1. The van der Waals surface area contributed by atoms with Crippen molar-refractivity contribution in [3.05, 3.63) is 16.4 Å². The number of Topliss-reactive ketones (excluding diaryl/α,β-unsaturated/α-hetero) is 1. The Morgan fingerprint density at radius 1 is 1.23 bits per heavy atom. The van der Waals surface area contributed by atoms with Gasteiger partial charge < -0.3 is 31.1 Å². The number of amides is 2. The van der Waals surface area contributed by atoms with E-state index in [1.165, 1.54) is 16.7 Å². The lowest BCUT2D eigenvalue weighted by Gasteiger charge is -2.47. The maximum Gasteiger partial charge on any atom is 0.375 e. The van der Waals surface area contributed by atoms with Crippen molar-refractivity contribution in [2.24, 2.45) is 23.5 Å². The summed E-state index contributed by atoms with van der Waals surface area (Å²) >= 11 is 1.41. The number of carbonyl (C=O) groups is 5. The molecule has 15 nitrogen and oxygen atoms in total. The average molecular weight is 577 g/mol. The first-order valence-electron chi connectivity index (χ1n) is 13.2. The Hall–Kier alpha value is -3.37. The van der Waals surface area contributed by atoms with E-state index in [0.717, 1.165) is 11.1 Å². The Morgan fingerprint density at radius 2 is 1.98 bits per heavy atom. The molecule has 3 fully saturated rings. The van der Waals surface area contributed by atoms with Crippen molar-refractivity contribution in [1.29, 1.82) is 0 Å². The van der Waals surface area contributed by atoms with E-state index in [1.54, 1.807) is 11.8 Å². The van der Waals surface area contributed by atoms with E-state index in [9.17, 15) is 29.1 Å². The zero-order valence-electron chi connectivity index (χ0n) is 22.1. The molecule has 1 aromatic heterocycles. The lowest BCUT2D eigenvalue weighted by molar-refractivity contribution is -0.160. The summed E-state index contributed by atoms with van der Waals surface area (Å²) in [5, 5.41) is 32.6. The highest BCUT2D eigenvalue weighted by Gasteiger charge is 2.60. The Balaban J connectivity index is 1.23. The van der Waals surface area contributed by atoms with Crippen molar-refractivity contribution in [1.82, 2.24) is 35.3 Å². The normalized spacial score (nSPS) is 30.4. The van der Waals surface area contributed by atoms with Gasteiger partial charge >= 0.3 is 11.9 Å². The number of aromatic nitrogens is 4. The van der Waals surface area contributed by atoms with Crippen LogP contribution in [0.3, 0.4) is 0 Å². The van der Waals surface area contributed by atoms with Gasteiger partial charge in [-0.05, 0) is 29.2 Å². The first-order valence-corrected chi connectivity index (χ1v) is 14.1. The summed E-state index contributed by atoms with van der Waals surface area (Å²) < 4.78 is 0.898. The number of carbonyl (C=O) groups excluding carboxylic acids is 3. The van der Waals surface area contributed by atoms with Crippen LogP contribution < -0.4 is 11.1 Å². The first kappa shape index (κ1) is 28.2. The number of aliphatic carboxylic acids is 1. The van der Waals surface area contributed by atoms with Gasteiger partial charge in [0.05, 0.1) is 18.0 Å². The summed E-state index contributed by atoms with van der Waals surface area (Å²) in [6.07, 6.45) is 1.30. The molecule has 3 saturated heterocycles.